The standard InChI is InChI=1S/C11H16N2O6/c1-17-5-6-8(15)9(18-2)10(19-6)13-4-3-7(14)12-11(13)16/h3-4,6,8-10,15H,5H2,1-2H3,(H,12,14,16)/t6-,8-,9-,10-/m1/s1. The molecule has 0 aliphatic carbocycles. The Morgan fingerprint density at radius 3 is 2.79 bits per heavy atom. The van der Waals surface area contributed by atoms with E-state index < -0.39 is 35.8 Å². The molecule has 8 nitrogen and oxygen atoms in total. The Labute approximate surface area is 108 Å². The second kappa shape index (κ2) is 5.66. The number of methoxy groups -OCH3 is 2. The molecule has 0 bridgehead atoms. The first-order chi connectivity index (χ1) is 9.08. The summed E-state index contributed by atoms with van der Waals surface area (Å²) >= 11 is 0. The normalized spacial score (nSPS) is 30.7. The molecule has 2 N–H and O–H groups in total. The number of aromatic amines is 1. The molecule has 1 saturated heterocycles. The van der Waals surface area contributed by atoms with Gasteiger partial charge in [0.15, 0.2) is 6.23 Å². The predicted molar refractivity (Wildman–Crippen MR) is 63.9 cm³/mol. The lowest BCUT2D eigenvalue weighted by atomic mass is 10.1. The molecule has 0 unspecified atom stereocenters. The van der Waals surface area contributed by atoms with Crippen LogP contribution in [-0.2, 0) is 14.2 Å². The van der Waals surface area contributed by atoms with Crippen LogP contribution in [0.5, 0.6) is 0 Å². The zero-order chi connectivity index (χ0) is 14.0. The van der Waals surface area contributed by atoms with Gasteiger partial charge in [0.1, 0.15) is 18.3 Å². The molecule has 1 aliphatic rings. The summed E-state index contributed by atoms with van der Waals surface area (Å²) in [5.74, 6) is 0. The number of aromatic nitrogens is 2. The molecule has 8 heteroatoms. The average Bonchev–Trinajstić information content (AvgIpc) is 2.67. The highest BCUT2D eigenvalue weighted by Crippen LogP contribution is 2.30. The van der Waals surface area contributed by atoms with Crippen LogP contribution in [-0.4, -0.2) is 53.8 Å². The third kappa shape index (κ3) is 2.61. The molecule has 2 rings (SSSR count). The summed E-state index contributed by atoms with van der Waals surface area (Å²) in [5.41, 5.74) is -1.12. The summed E-state index contributed by atoms with van der Waals surface area (Å²) in [7, 11) is 2.90. The van der Waals surface area contributed by atoms with E-state index in [0.29, 0.717) is 0 Å². The Balaban J connectivity index is 2.32. The zero-order valence-electron chi connectivity index (χ0n) is 10.6. The fourth-order valence-corrected chi connectivity index (χ4v) is 2.13. The van der Waals surface area contributed by atoms with Crippen LogP contribution in [0.3, 0.4) is 0 Å². The molecule has 4 atom stereocenters. The quantitative estimate of drug-likeness (QED) is 0.688. The molecule has 0 amide bonds. The van der Waals surface area contributed by atoms with E-state index in [1.807, 2.05) is 0 Å². The SMILES string of the molecule is COC[C@H]1O[C@@H](n2ccc(=O)[nH]c2=O)[C@H](OC)[C@@H]1O. The Hall–Kier alpha value is -1.48. The summed E-state index contributed by atoms with van der Waals surface area (Å²) in [6.07, 6.45) is -1.75. The largest absolute Gasteiger partial charge is 0.387 e. The van der Waals surface area contributed by atoms with E-state index in [0.717, 1.165) is 0 Å². The summed E-state index contributed by atoms with van der Waals surface area (Å²) in [4.78, 5) is 24.9. The van der Waals surface area contributed by atoms with Crippen LogP contribution in [0.2, 0.25) is 0 Å². The molecule has 0 spiro atoms. The van der Waals surface area contributed by atoms with Gasteiger partial charge in [0, 0.05) is 26.5 Å². The minimum Gasteiger partial charge on any atom is -0.387 e. The highest BCUT2D eigenvalue weighted by Gasteiger charge is 2.45. The fraction of sp³-hybridized carbons (Fsp3) is 0.636. The minimum atomic E-state index is -0.922. The van der Waals surface area contributed by atoms with Gasteiger partial charge in [-0.05, 0) is 0 Å². The first-order valence-electron chi connectivity index (χ1n) is 5.75. The molecule has 1 fully saturated rings. The van der Waals surface area contributed by atoms with Gasteiger partial charge >= 0.3 is 5.69 Å². The number of rotatable bonds is 4. The van der Waals surface area contributed by atoms with E-state index in [-0.39, 0.29) is 6.61 Å². The van der Waals surface area contributed by atoms with Crippen LogP contribution in [0.25, 0.3) is 0 Å². The molecule has 19 heavy (non-hydrogen) atoms. The molecule has 0 aromatic carbocycles. The van der Waals surface area contributed by atoms with Crippen molar-refractivity contribution in [1.29, 1.82) is 0 Å². The second-order valence-electron chi connectivity index (χ2n) is 4.23. The average molecular weight is 272 g/mol. The van der Waals surface area contributed by atoms with Crippen molar-refractivity contribution in [3.8, 4) is 0 Å². The minimum absolute atomic E-state index is 0.176. The monoisotopic (exact) mass is 272 g/mol. The van der Waals surface area contributed by atoms with Crippen LogP contribution in [0, 0.1) is 0 Å². The Morgan fingerprint density at radius 2 is 2.21 bits per heavy atom. The van der Waals surface area contributed by atoms with Crippen molar-refractivity contribution in [3.05, 3.63) is 33.1 Å². The van der Waals surface area contributed by atoms with Gasteiger partial charge in [0.2, 0.25) is 0 Å². The molecular formula is C11H16N2O6. The lowest BCUT2D eigenvalue weighted by Gasteiger charge is -2.19. The summed E-state index contributed by atoms with van der Waals surface area (Å²) in [6, 6.07) is 1.20. The maximum atomic E-state index is 11.7. The number of nitrogens with zero attached hydrogens (tertiary/aromatic N) is 1. The van der Waals surface area contributed by atoms with Crippen LogP contribution >= 0.6 is 0 Å². The molecule has 0 radical (unpaired) electrons. The third-order valence-corrected chi connectivity index (χ3v) is 3.04. The van der Waals surface area contributed by atoms with Crippen molar-refractivity contribution in [2.24, 2.45) is 0 Å². The Bertz CT molecular complexity index is 538. The van der Waals surface area contributed by atoms with Gasteiger partial charge in [-0.25, -0.2) is 4.79 Å². The van der Waals surface area contributed by atoms with Gasteiger partial charge in [0.05, 0.1) is 6.61 Å². The molecule has 2 heterocycles. The van der Waals surface area contributed by atoms with E-state index in [4.69, 9.17) is 14.2 Å². The van der Waals surface area contributed by atoms with E-state index >= 15 is 0 Å². The van der Waals surface area contributed by atoms with E-state index in [1.165, 1.54) is 31.0 Å². The number of aliphatic hydroxyl groups excluding tert-OH is 1. The van der Waals surface area contributed by atoms with Gasteiger partial charge < -0.3 is 19.3 Å². The summed E-state index contributed by atoms with van der Waals surface area (Å²) in [6.45, 7) is 0.176. The molecule has 0 saturated carbocycles. The molecule has 1 aromatic rings. The van der Waals surface area contributed by atoms with Crippen LogP contribution < -0.4 is 11.2 Å². The van der Waals surface area contributed by atoms with Crippen molar-refractivity contribution < 1.29 is 19.3 Å². The Kier molecular flexibility index (Phi) is 4.15. The lowest BCUT2D eigenvalue weighted by Crippen LogP contribution is -2.38. The maximum Gasteiger partial charge on any atom is 0.330 e. The van der Waals surface area contributed by atoms with Crippen molar-refractivity contribution in [3.63, 3.8) is 0 Å². The smallest absolute Gasteiger partial charge is 0.330 e. The number of hydrogen-bond donors (Lipinski definition) is 2. The third-order valence-electron chi connectivity index (χ3n) is 3.04. The van der Waals surface area contributed by atoms with Crippen molar-refractivity contribution in [2.75, 3.05) is 20.8 Å². The van der Waals surface area contributed by atoms with Crippen LogP contribution in [0.4, 0.5) is 0 Å². The van der Waals surface area contributed by atoms with Gasteiger partial charge in [-0.1, -0.05) is 0 Å². The van der Waals surface area contributed by atoms with Gasteiger partial charge in [-0.2, -0.15) is 0 Å². The van der Waals surface area contributed by atoms with Crippen molar-refractivity contribution in [2.45, 2.75) is 24.5 Å². The zero-order valence-corrected chi connectivity index (χ0v) is 10.6. The number of hydrogen-bond acceptors (Lipinski definition) is 6. The molecule has 1 aromatic heterocycles. The highest BCUT2D eigenvalue weighted by molar-refractivity contribution is 4.93. The lowest BCUT2D eigenvalue weighted by molar-refractivity contribution is -0.0669. The first kappa shape index (κ1) is 13.9. The summed E-state index contributed by atoms with van der Waals surface area (Å²) in [5, 5.41) is 10.0. The van der Waals surface area contributed by atoms with Gasteiger partial charge in [-0.15, -0.1) is 0 Å². The second-order valence-corrected chi connectivity index (χ2v) is 4.23. The van der Waals surface area contributed by atoms with E-state index in [9.17, 15) is 14.7 Å². The molecule has 1 aliphatic heterocycles. The van der Waals surface area contributed by atoms with Crippen molar-refractivity contribution in [1.82, 2.24) is 9.55 Å². The predicted octanol–water partition coefficient (Wildman–Crippen LogP) is -1.54. The summed E-state index contributed by atoms with van der Waals surface area (Å²) < 4.78 is 16.8. The van der Waals surface area contributed by atoms with Gasteiger partial charge in [0.25, 0.3) is 5.56 Å². The fourth-order valence-electron chi connectivity index (χ4n) is 2.13. The number of ether oxygens (including phenoxy) is 3. The molecule has 106 valence electrons. The van der Waals surface area contributed by atoms with Crippen LogP contribution in [0.1, 0.15) is 6.23 Å². The van der Waals surface area contributed by atoms with Gasteiger partial charge in [-0.3, -0.25) is 14.3 Å². The van der Waals surface area contributed by atoms with E-state index in [1.54, 1.807) is 0 Å². The Morgan fingerprint density at radius 1 is 1.47 bits per heavy atom. The van der Waals surface area contributed by atoms with E-state index in [2.05, 4.69) is 4.98 Å². The maximum absolute atomic E-state index is 11.7. The van der Waals surface area contributed by atoms with Crippen LogP contribution in [0.15, 0.2) is 21.9 Å². The number of nitrogens with one attached hydrogen (secondary N) is 1. The topological polar surface area (TPSA) is 103 Å². The number of aliphatic hydroxyl groups is 1. The molecular weight excluding hydrogens is 256 g/mol. The highest BCUT2D eigenvalue weighted by atomic mass is 16.6. The van der Waals surface area contributed by atoms with Crippen molar-refractivity contribution >= 4 is 0 Å². The number of H-pyrrole nitrogens is 1. The first-order valence-corrected chi connectivity index (χ1v) is 5.75.